The molecule has 1 N–H and O–H groups in total. The van der Waals surface area contributed by atoms with Gasteiger partial charge in [-0.25, -0.2) is 0 Å². The Bertz CT molecular complexity index is 399. The molecule has 2 rings (SSSR count). The molecule has 0 spiro atoms. The molecular weight excluding hydrogens is 303 g/mol. The topological polar surface area (TPSA) is 21.3 Å². The van der Waals surface area contributed by atoms with Crippen molar-refractivity contribution in [3.63, 3.8) is 0 Å². The number of hydrogen-bond donors (Lipinski definition) is 1. The number of rotatable bonds is 4. The molecule has 88 valence electrons. The van der Waals surface area contributed by atoms with Gasteiger partial charge in [-0.3, -0.25) is 0 Å². The van der Waals surface area contributed by atoms with Crippen LogP contribution in [-0.4, -0.2) is 12.7 Å². The van der Waals surface area contributed by atoms with Crippen LogP contribution in [0, 0.1) is 0 Å². The van der Waals surface area contributed by atoms with Gasteiger partial charge in [-0.2, -0.15) is 8.78 Å². The average Bonchev–Trinajstić information content (AvgIpc) is 2.94. The first-order chi connectivity index (χ1) is 7.56. The van der Waals surface area contributed by atoms with Gasteiger partial charge >= 0.3 is 6.61 Å². The highest BCUT2D eigenvalue weighted by molar-refractivity contribution is 9.10. The molecule has 1 aromatic carbocycles. The van der Waals surface area contributed by atoms with Crippen molar-refractivity contribution in [2.75, 3.05) is 5.32 Å². The molecule has 0 aromatic heterocycles. The number of alkyl halides is 2. The quantitative estimate of drug-likeness (QED) is 0.896. The molecule has 1 fully saturated rings. The number of nitrogens with one attached hydrogen (secondary N) is 1. The van der Waals surface area contributed by atoms with Crippen molar-refractivity contribution in [2.45, 2.75) is 25.5 Å². The van der Waals surface area contributed by atoms with Gasteiger partial charge < -0.3 is 10.1 Å². The lowest BCUT2D eigenvalue weighted by Gasteiger charge is -2.14. The van der Waals surface area contributed by atoms with Gasteiger partial charge in [-0.05, 0) is 40.9 Å². The van der Waals surface area contributed by atoms with Crippen LogP contribution in [0.25, 0.3) is 0 Å². The molecule has 6 heteroatoms. The second-order valence-electron chi connectivity index (χ2n) is 3.56. The fourth-order valence-electron chi connectivity index (χ4n) is 1.32. The zero-order valence-corrected chi connectivity index (χ0v) is 10.5. The van der Waals surface area contributed by atoms with Crippen LogP contribution < -0.4 is 10.1 Å². The SMILES string of the molecule is FC(F)Oc1c(Br)cc(Cl)cc1NC1CC1. The van der Waals surface area contributed by atoms with E-state index in [1.165, 1.54) is 6.07 Å². The van der Waals surface area contributed by atoms with Crippen molar-refractivity contribution in [1.82, 2.24) is 0 Å². The predicted octanol–water partition coefficient (Wildman–Crippen LogP) is 4.28. The van der Waals surface area contributed by atoms with Crippen molar-refractivity contribution < 1.29 is 13.5 Å². The standard InChI is InChI=1S/C10H9BrClF2NO/c11-7-3-5(12)4-8(15-6-1-2-6)9(7)16-10(13)14/h3-4,6,10,15H,1-2H2. The van der Waals surface area contributed by atoms with E-state index in [4.69, 9.17) is 11.6 Å². The molecular formula is C10H9BrClF2NO. The lowest BCUT2D eigenvalue weighted by molar-refractivity contribution is -0.0498. The largest absolute Gasteiger partial charge is 0.431 e. The minimum absolute atomic E-state index is 0.103. The average molecular weight is 313 g/mol. The molecule has 0 aliphatic heterocycles. The highest BCUT2D eigenvalue weighted by Crippen LogP contribution is 2.39. The van der Waals surface area contributed by atoms with Crippen LogP contribution in [0.3, 0.4) is 0 Å². The Kier molecular flexibility index (Phi) is 3.54. The summed E-state index contributed by atoms with van der Waals surface area (Å²) in [6.45, 7) is -2.85. The van der Waals surface area contributed by atoms with Crippen LogP contribution in [0.1, 0.15) is 12.8 Å². The summed E-state index contributed by atoms with van der Waals surface area (Å²) >= 11 is 9.00. The summed E-state index contributed by atoms with van der Waals surface area (Å²) in [5.74, 6) is 0.103. The third-order valence-electron chi connectivity index (χ3n) is 2.15. The predicted molar refractivity (Wildman–Crippen MR) is 62.4 cm³/mol. The third kappa shape index (κ3) is 2.98. The monoisotopic (exact) mass is 311 g/mol. The molecule has 1 aliphatic carbocycles. The summed E-state index contributed by atoms with van der Waals surface area (Å²) in [6, 6.07) is 3.45. The van der Waals surface area contributed by atoms with Crippen LogP contribution >= 0.6 is 27.5 Å². The highest BCUT2D eigenvalue weighted by Gasteiger charge is 2.24. The molecule has 1 saturated carbocycles. The zero-order chi connectivity index (χ0) is 11.7. The summed E-state index contributed by atoms with van der Waals surface area (Å²) in [7, 11) is 0. The first kappa shape index (κ1) is 11.9. The van der Waals surface area contributed by atoms with Gasteiger partial charge in [-0.15, -0.1) is 0 Å². The Hall–Kier alpha value is -0.550. The summed E-state index contributed by atoms with van der Waals surface area (Å²) in [5, 5.41) is 3.57. The Morgan fingerprint density at radius 1 is 1.44 bits per heavy atom. The van der Waals surface area contributed by atoms with Crippen molar-refractivity contribution in [2.24, 2.45) is 0 Å². The van der Waals surface area contributed by atoms with E-state index in [2.05, 4.69) is 26.0 Å². The molecule has 0 saturated heterocycles. The molecule has 16 heavy (non-hydrogen) atoms. The minimum Gasteiger partial charge on any atom is -0.431 e. The summed E-state index contributed by atoms with van der Waals surface area (Å²) in [6.07, 6.45) is 2.08. The first-order valence-corrected chi connectivity index (χ1v) is 5.94. The molecule has 0 amide bonds. The molecule has 0 radical (unpaired) electrons. The lowest BCUT2D eigenvalue weighted by Crippen LogP contribution is -2.08. The summed E-state index contributed by atoms with van der Waals surface area (Å²) in [5.41, 5.74) is 0.502. The maximum atomic E-state index is 12.2. The minimum atomic E-state index is -2.85. The molecule has 0 bridgehead atoms. The van der Waals surface area contributed by atoms with Gasteiger partial charge in [0.25, 0.3) is 0 Å². The number of anilines is 1. The number of ether oxygens (including phenoxy) is 1. The third-order valence-corrected chi connectivity index (χ3v) is 2.96. The van der Waals surface area contributed by atoms with Crippen LogP contribution in [0.5, 0.6) is 5.75 Å². The van der Waals surface area contributed by atoms with Crippen molar-refractivity contribution >= 4 is 33.2 Å². The van der Waals surface area contributed by atoms with Gasteiger partial charge in [0.1, 0.15) is 0 Å². The van der Waals surface area contributed by atoms with E-state index in [9.17, 15) is 8.78 Å². The normalized spacial score (nSPS) is 15.3. The number of benzene rings is 1. The van der Waals surface area contributed by atoms with Crippen LogP contribution in [-0.2, 0) is 0 Å². The zero-order valence-electron chi connectivity index (χ0n) is 8.14. The Morgan fingerprint density at radius 3 is 2.69 bits per heavy atom. The smallest absolute Gasteiger partial charge is 0.387 e. The van der Waals surface area contributed by atoms with E-state index >= 15 is 0 Å². The maximum absolute atomic E-state index is 12.2. The molecule has 0 heterocycles. The Morgan fingerprint density at radius 2 is 2.12 bits per heavy atom. The van der Waals surface area contributed by atoms with Crippen molar-refractivity contribution in [3.05, 3.63) is 21.6 Å². The van der Waals surface area contributed by atoms with Gasteiger partial charge in [0.15, 0.2) is 5.75 Å². The molecule has 1 aromatic rings. The van der Waals surface area contributed by atoms with Crippen LogP contribution in [0.2, 0.25) is 5.02 Å². The van der Waals surface area contributed by atoms with Crippen molar-refractivity contribution in [3.8, 4) is 5.75 Å². The second kappa shape index (κ2) is 4.75. The molecule has 1 aliphatic rings. The summed E-state index contributed by atoms with van der Waals surface area (Å²) < 4.78 is 29.3. The lowest BCUT2D eigenvalue weighted by atomic mass is 10.3. The van der Waals surface area contributed by atoms with Crippen LogP contribution in [0.4, 0.5) is 14.5 Å². The summed E-state index contributed by atoms with van der Waals surface area (Å²) in [4.78, 5) is 0. The molecule has 0 atom stereocenters. The van der Waals surface area contributed by atoms with Crippen LogP contribution in [0.15, 0.2) is 16.6 Å². The number of halogens is 4. The van der Waals surface area contributed by atoms with Crippen molar-refractivity contribution in [1.29, 1.82) is 0 Å². The van der Waals surface area contributed by atoms with E-state index in [1.54, 1.807) is 6.07 Å². The fourth-order valence-corrected chi connectivity index (χ4v) is 2.23. The van der Waals surface area contributed by atoms with E-state index in [0.717, 1.165) is 12.8 Å². The Labute approximate surface area is 105 Å². The molecule has 0 unspecified atom stereocenters. The van der Waals surface area contributed by atoms with Gasteiger partial charge in [0, 0.05) is 11.1 Å². The highest BCUT2D eigenvalue weighted by atomic mass is 79.9. The van der Waals surface area contributed by atoms with Gasteiger partial charge in [0.2, 0.25) is 0 Å². The maximum Gasteiger partial charge on any atom is 0.387 e. The second-order valence-corrected chi connectivity index (χ2v) is 4.85. The molecule has 2 nitrogen and oxygen atoms in total. The van der Waals surface area contributed by atoms with E-state index in [-0.39, 0.29) is 5.75 Å². The fraction of sp³-hybridized carbons (Fsp3) is 0.400. The van der Waals surface area contributed by atoms with E-state index in [1.807, 2.05) is 0 Å². The number of hydrogen-bond acceptors (Lipinski definition) is 2. The van der Waals surface area contributed by atoms with E-state index < -0.39 is 6.61 Å². The van der Waals surface area contributed by atoms with Gasteiger partial charge in [0.05, 0.1) is 10.2 Å². The van der Waals surface area contributed by atoms with E-state index in [0.29, 0.717) is 21.2 Å². The first-order valence-electron chi connectivity index (χ1n) is 4.76. The van der Waals surface area contributed by atoms with Gasteiger partial charge in [-0.1, -0.05) is 11.6 Å². The Balaban J connectivity index is 2.29.